The molecule has 2 aliphatic rings. The van der Waals surface area contributed by atoms with Crippen LogP contribution in [0.5, 0.6) is 11.5 Å². The number of rotatable bonds is 7. The van der Waals surface area contributed by atoms with Gasteiger partial charge in [0.2, 0.25) is 0 Å². The Morgan fingerprint density at radius 2 is 1.39 bits per heavy atom. The molecule has 0 amide bonds. The van der Waals surface area contributed by atoms with Crippen molar-refractivity contribution >= 4 is 21.8 Å². The van der Waals surface area contributed by atoms with Crippen molar-refractivity contribution in [1.82, 2.24) is 19.3 Å². The Hall–Kier alpha value is -4.47. The normalized spacial score (nSPS) is 15.8. The predicted molar refractivity (Wildman–Crippen MR) is 216 cm³/mol. The van der Waals surface area contributed by atoms with Crippen LogP contribution in [-0.4, -0.2) is 19.3 Å². The molecule has 9 rings (SSSR count). The molecule has 0 saturated heterocycles. The van der Waals surface area contributed by atoms with Crippen molar-refractivity contribution in [3.8, 4) is 34.1 Å². The number of aromatic nitrogens is 4. The molecule has 3 heterocycles. The summed E-state index contributed by atoms with van der Waals surface area (Å²) in [5.41, 5.74) is 9.80. The van der Waals surface area contributed by atoms with Gasteiger partial charge in [-0.3, -0.25) is 4.68 Å². The second-order valence-electron chi connectivity index (χ2n) is 16.2. The number of ether oxygens (including phenoxy) is 1. The maximum Gasteiger partial charge on any atom is 2.00 e. The molecule has 6 heteroatoms. The molecule has 0 spiro atoms. The molecule has 2 aliphatic carbocycles. The number of nitrogens with zero attached hydrogens (tertiary/aromatic N) is 4. The van der Waals surface area contributed by atoms with E-state index in [1.165, 1.54) is 92.0 Å². The summed E-state index contributed by atoms with van der Waals surface area (Å²) in [4.78, 5) is 4.83. The van der Waals surface area contributed by atoms with Gasteiger partial charge in [-0.2, -0.15) is 17.2 Å². The summed E-state index contributed by atoms with van der Waals surface area (Å²) >= 11 is 0. The van der Waals surface area contributed by atoms with E-state index in [2.05, 4.69) is 117 Å². The first-order valence-electron chi connectivity index (χ1n) is 19.7. The molecule has 5 nitrogen and oxygen atoms in total. The van der Waals surface area contributed by atoms with Gasteiger partial charge in [0.25, 0.3) is 0 Å². The molecular weight excluding hydrogens is 844 g/mol. The van der Waals surface area contributed by atoms with Crippen LogP contribution < -0.4 is 4.74 Å². The summed E-state index contributed by atoms with van der Waals surface area (Å²) in [6, 6.07) is 37.2. The van der Waals surface area contributed by atoms with Crippen LogP contribution >= 0.6 is 0 Å². The third kappa shape index (κ3) is 7.08. The Kier molecular flexibility index (Phi) is 10.4. The van der Waals surface area contributed by atoms with Crippen molar-refractivity contribution in [1.29, 1.82) is 0 Å². The minimum absolute atomic E-state index is 0. The Morgan fingerprint density at radius 1 is 0.704 bits per heavy atom. The van der Waals surface area contributed by atoms with E-state index in [0.29, 0.717) is 23.3 Å². The monoisotopic (exact) mass is 891 g/mol. The van der Waals surface area contributed by atoms with Gasteiger partial charge in [-0.15, -0.1) is 35.7 Å². The van der Waals surface area contributed by atoms with Crippen LogP contribution in [0, 0.1) is 12.1 Å². The third-order valence-electron chi connectivity index (χ3n) is 11.7. The van der Waals surface area contributed by atoms with E-state index >= 15 is 0 Å². The number of para-hydroxylation sites is 1. The van der Waals surface area contributed by atoms with Gasteiger partial charge in [0.05, 0.1) is 6.20 Å². The zero-order valence-corrected chi connectivity index (χ0v) is 33.8. The molecule has 7 aromatic rings. The fourth-order valence-electron chi connectivity index (χ4n) is 8.94. The van der Waals surface area contributed by atoms with E-state index in [0.717, 1.165) is 33.3 Å². The van der Waals surface area contributed by atoms with E-state index in [-0.39, 0.29) is 26.5 Å². The van der Waals surface area contributed by atoms with Gasteiger partial charge in [-0.25, -0.2) is 4.98 Å². The first-order valence-corrected chi connectivity index (χ1v) is 19.7. The summed E-state index contributed by atoms with van der Waals surface area (Å²) in [6.07, 6.45) is 19.3. The van der Waals surface area contributed by atoms with Crippen LogP contribution in [0.25, 0.3) is 44.4 Å². The Bertz CT molecular complexity index is 2370. The Morgan fingerprint density at radius 3 is 2.11 bits per heavy atom. The van der Waals surface area contributed by atoms with Crippen molar-refractivity contribution in [2.24, 2.45) is 0 Å². The number of hydrogen-bond donors (Lipinski definition) is 0. The summed E-state index contributed by atoms with van der Waals surface area (Å²) in [5, 5.41) is 7.20. The van der Waals surface area contributed by atoms with Crippen molar-refractivity contribution in [2.75, 3.05) is 0 Å². The topological polar surface area (TPSA) is 44.9 Å². The molecule has 0 bridgehead atoms. The molecule has 54 heavy (non-hydrogen) atoms. The summed E-state index contributed by atoms with van der Waals surface area (Å²) in [7, 11) is 0. The second kappa shape index (κ2) is 15.3. The minimum atomic E-state index is 0. The first kappa shape index (κ1) is 36.5. The maximum atomic E-state index is 6.52. The van der Waals surface area contributed by atoms with Gasteiger partial charge in [-0.1, -0.05) is 101 Å². The molecule has 276 valence electrons. The number of fused-ring (bicyclic) bond motifs is 3. The van der Waals surface area contributed by atoms with Crippen LogP contribution in [0.3, 0.4) is 0 Å². The fraction of sp³-hybridized carbons (Fsp3) is 0.333. The van der Waals surface area contributed by atoms with Crippen LogP contribution in [0.2, 0.25) is 0 Å². The zero-order valence-electron chi connectivity index (χ0n) is 31.6. The zero-order chi connectivity index (χ0) is 35.9. The third-order valence-corrected chi connectivity index (χ3v) is 11.7. The molecule has 0 radical (unpaired) electrons. The van der Waals surface area contributed by atoms with E-state index in [1.807, 2.05) is 29.1 Å². The Balaban J connectivity index is 0.00000413. The van der Waals surface area contributed by atoms with E-state index < -0.39 is 0 Å². The van der Waals surface area contributed by atoms with Crippen molar-refractivity contribution in [2.45, 2.75) is 102 Å². The molecule has 0 aliphatic heterocycles. The van der Waals surface area contributed by atoms with E-state index in [1.54, 1.807) is 0 Å². The van der Waals surface area contributed by atoms with Crippen LogP contribution in [0.1, 0.15) is 114 Å². The molecule has 0 N–H and O–H groups in total. The maximum absolute atomic E-state index is 6.52. The fourth-order valence-corrected chi connectivity index (χ4v) is 8.94. The van der Waals surface area contributed by atoms with Crippen molar-refractivity contribution in [3.63, 3.8) is 0 Å². The largest absolute Gasteiger partial charge is 2.00 e. The van der Waals surface area contributed by atoms with Crippen LogP contribution in [0.4, 0.5) is 0 Å². The van der Waals surface area contributed by atoms with Gasteiger partial charge in [0.15, 0.2) is 0 Å². The molecule has 0 atom stereocenters. The van der Waals surface area contributed by atoms with Gasteiger partial charge in [-0.05, 0) is 94.5 Å². The average Bonchev–Trinajstić information content (AvgIpc) is 3.82. The smallest absolute Gasteiger partial charge is 0.509 e. The average molecular weight is 892 g/mol. The summed E-state index contributed by atoms with van der Waals surface area (Å²) in [5.74, 6) is 3.37. The van der Waals surface area contributed by atoms with Crippen molar-refractivity contribution in [3.05, 3.63) is 132 Å². The van der Waals surface area contributed by atoms with Crippen LogP contribution in [-0.2, 0) is 26.5 Å². The molecule has 2 saturated carbocycles. The molecule has 3 aromatic heterocycles. The number of benzene rings is 4. The summed E-state index contributed by atoms with van der Waals surface area (Å²) in [6.45, 7) is 6.70. The number of pyridine rings is 1. The van der Waals surface area contributed by atoms with E-state index in [9.17, 15) is 0 Å². The Labute approximate surface area is 334 Å². The molecule has 4 aromatic carbocycles. The molecule has 2 fully saturated rings. The van der Waals surface area contributed by atoms with Crippen molar-refractivity contribution < 1.29 is 25.8 Å². The quantitative estimate of drug-likeness (QED) is 0.150. The van der Waals surface area contributed by atoms with Gasteiger partial charge < -0.3 is 9.30 Å². The van der Waals surface area contributed by atoms with E-state index in [4.69, 9.17) is 14.8 Å². The second-order valence-corrected chi connectivity index (χ2v) is 16.2. The first-order chi connectivity index (χ1) is 25.9. The minimum Gasteiger partial charge on any atom is -0.509 e. The standard InChI is InChI=1S/C48H48N4O.Pt/c1-48(2,3)36-26-27-49-46(28-36)52-44-23-11-10-20-42(44)43-25-24-39(30-45(43)52)53-38-19-12-18-37(29-38)51-32-35(31-50-51)47-40(33-14-6-4-7-15-33)21-13-22-41(47)34-16-8-5-9-17-34;/h10-13,18-28,31-34H,4-9,14-17H2,1-3H3;/q-2;+2. The van der Waals surface area contributed by atoms with Crippen LogP contribution in [0.15, 0.2) is 104 Å². The van der Waals surface area contributed by atoms with Gasteiger partial charge >= 0.3 is 21.1 Å². The summed E-state index contributed by atoms with van der Waals surface area (Å²) < 4.78 is 10.7. The van der Waals surface area contributed by atoms with Gasteiger partial charge in [0.1, 0.15) is 5.82 Å². The number of hydrogen-bond acceptors (Lipinski definition) is 3. The SMILES string of the molecule is CC(C)(C)c1ccnc(-n2c3[c-]c(Oc4[c-]c(-n5cc(-c6c(C7CCCCC7)cccc6C6CCCCC6)cn5)ccc4)ccc3c3ccccc32)c1.[Pt+2]. The van der Waals surface area contributed by atoms with Gasteiger partial charge in [0, 0.05) is 35.0 Å². The molecule has 0 unspecified atom stereocenters. The predicted octanol–water partition coefficient (Wildman–Crippen LogP) is 12.8. The molecular formula is C48H48N4OPt.